The lowest BCUT2D eigenvalue weighted by atomic mass is 9.73. The van der Waals surface area contributed by atoms with Gasteiger partial charge in [0.15, 0.2) is 5.78 Å². The summed E-state index contributed by atoms with van der Waals surface area (Å²) in [6.45, 7) is 7.33. The van der Waals surface area contributed by atoms with Crippen molar-refractivity contribution in [3.05, 3.63) is 63.3 Å². The molecule has 1 N–H and O–H groups in total. The van der Waals surface area contributed by atoms with E-state index in [0.29, 0.717) is 11.4 Å². The van der Waals surface area contributed by atoms with Crippen molar-refractivity contribution in [1.82, 2.24) is 9.97 Å². The number of aryl methyl sites for hydroxylation is 1. The van der Waals surface area contributed by atoms with E-state index in [-0.39, 0.29) is 29.2 Å². The molecule has 1 atom stereocenters. The van der Waals surface area contributed by atoms with Crippen LogP contribution in [0.2, 0.25) is 0 Å². The number of Topliss-reactive ketones (excluding diaryl/α,β-unsaturated/α-hetero) is 1. The minimum atomic E-state index is -4.40. The second-order valence-electron chi connectivity index (χ2n) is 7.38. The number of alkyl halides is 3. The Kier molecular flexibility index (Phi) is 5.39. The van der Waals surface area contributed by atoms with Crippen molar-refractivity contribution in [2.75, 3.05) is 0 Å². The first-order chi connectivity index (χ1) is 11.9. The Morgan fingerprint density at radius 2 is 1.73 bits per heavy atom. The van der Waals surface area contributed by atoms with Gasteiger partial charge in [-0.2, -0.15) is 13.2 Å². The maximum Gasteiger partial charge on any atom is 0.416 e. The summed E-state index contributed by atoms with van der Waals surface area (Å²) in [4.78, 5) is 30.7. The molecule has 0 fully saturated rings. The van der Waals surface area contributed by atoms with Gasteiger partial charge in [0, 0.05) is 12.5 Å². The third-order valence-electron chi connectivity index (χ3n) is 4.22. The fourth-order valence-corrected chi connectivity index (χ4v) is 2.84. The number of carbonyl (C=O) groups excluding carboxylic acids is 1. The van der Waals surface area contributed by atoms with Crippen LogP contribution in [0.15, 0.2) is 35.1 Å². The lowest BCUT2D eigenvalue weighted by Crippen LogP contribution is -2.23. The summed E-state index contributed by atoms with van der Waals surface area (Å²) in [5.41, 5.74) is -0.811. The normalized spacial score (nSPS) is 13.5. The highest BCUT2D eigenvalue weighted by atomic mass is 19.4. The second kappa shape index (κ2) is 7.05. The molecule has 0 aliphatic rings. The van der Waals surface area contributed by atoms with E-state index in [2.05, 4.69) is 9.97 Å². The van der Waals surface area contributed by atoms with Crippen LogP contribution >= 0.6 is 0 Å². The zero-order chi connectivity index (χ0) is 19.7. The van der Waals surface area contributed by atoms with Crippen LogP contribution < -0.4 is 5.56 Å². The summed E-state index contributed by atoms with van der Waals surface area (Å²) in [5, 5.41) is 0. The van der Waals surface area contributed by atoms with Gasteiger partial charge in [-0.05, 0) is 36.0 Å². The molecule has 1 aromatic carbocycles. The third kappa shape index (κ3) is 4.80. The molecular formula is C19H21F3N2O2. The van der Waals surface area contributed by atoms with Crippen LogP contribution in [0.3, 0.4) is 0 Å². The van der Waals surface area contributed by atoms with Crippen molar-refractivity contribution in [3.8, 4) is 0 Å². The number of nitrogens with zero attached hydrogens (tertiary/aromatic N) is 1. The van der Waals surface area contributed by atoms with Crippen molar-refractivity contribution in [2.24, 2.45) is 5.41 Å². The molecule has 0 saturated carbocycles. The highest BCUT2D eigenvalue weighted by Crippen LogP contribution is 2.39. The third-order valence-corrected chi connectivity index (χ3v) is 4.22. The summed E-state index contributed by atoms with van der Waals surface area (Å²) >= 11 is 0. The first kappa shape index (κ1) is 19.9. The average Bonchev–Trinajstić information content (AvgIpc) is 2.49. The molecule has 4 nitrogen and oxygen atoms in total. The number of hydrogen-bond donors (Lipinski definition) is 1. The van der Waals surface area contributed by atoms with Gasteiger partial charge in [-0.15, -0.1) is 0 Å². The Bertz CT molecular complexity index is 847. The molecule has 0 aliphatic carbocycles. The van der Waals surface area contributed by atoms with Gasteiger partial charge in [-0.3, -0.25) is 9.59 Å². The Morgan fingerprint density at radius 1 is 1.15 bits per heavy atom. The maximum atomic E-state index is 12.8. The molecule has 1 heterocycles. The minimum absolute atomic E-state index is 0.0464. The first-order valence-corrected chi connectivity index (χ1v) is 8.16. The molecule has 0 radical (unpaired) electrons. The van der Waals surface area contributed by atoms with Crippen molar-refractivity contribution < 1.29 is 18.0 Å². The van der Waals surface area contributed by atoms with Gasteiger partial charge in [-0.25, -0.2) is 4.98 Å². The smallest absolute Gasteiger partial charge is 0.311 e. The van der Waals surface area contributed by atoms with Crippen molar-refractivity contribution in [3.63, 3.8) is 0 Å². The largest absolute Gasteiger partial charge is 0.416 e. The molecule has 140 valence electrons. The maximum absolute atomic E-state index is 12.8. The molecule has 0 aliphatic heterocycles. The summed E-state index contributed by atoms with van der Waals surface area (Å²) in [5.74, 6) is -0.305. The monoisotopic (exact) mass is 366 g/mol. The summed E-state index contributed by atoms with van der Waals surface area (Å²) in [6, 6.07) is 6.00. The van der Waals surface area contributed by atoms with Gasteiger partial charge in [0.2, 0.25) is 0 Å². The highest BCUT2D eigenvalue weighted by Gasteiger charge is 2.32. The van der Waals surface area contributed by atoms with E-state index in [4.69, 9.17) is 0 Å². The van der Waals surface area contributed by atoms with Gasteiger partial charge in [-0.1, -0.05) is 32.9 Å². The number of hydrogen-bond acceptors (Lipinski definition) is 3. The molecule has 0 bridgehead atoms. The fraction of sp³-hybridized carbons (Fsp3) is 0.421. The molecule has 7 heteroatoms. The average molecular weight is 366 g/mol. The summed E-state index contributed by atoms with van der Waals surface area (Å²) in [6.07, 6.45) is -4.36. The Balaban J connectivity index is 2.34. The summed E-state index contributed by atoms with van der Waals surface area (Å²) in [7, 11) is 0. The van der Waals surface area contributed by atoms with E-state index < -0.39 is 17.3 Å². The van der Waals surface area contributed by atoms with Gasteiger partial charge in [0.1, 0.15) is 11.5 Å². The number of aromatic nitrogens is 2. The van der Waals surface area contributed by atoms with Crippen molar-refractivity contribution in [1.29, 1.82) is 0 Å². The molecule has 2 rings (SSSR count). The van der Waals surface area contributed by atoms with Gasteiger partial charge < -0.3 is 4.98 Å². The van der Waals surface area contributed by atoms with Crippen LogP contribution in [0.4, 0.5) is 13.2 Å². The molecule has 0 saturated heterocycles. The second-order valence-corrected chi connectivity index (χ2v) is 7.38. The number of H-pyrrole nitrogens is 1. The topological polar surface area (TPSA) is 62.8 Å². The zero-order valence-corrected chi connectivity index (χ0v) is 15.1. The van der Waals surface area contributed by atoms with Crippen LogP contribution in [0.25, 0.3) is 0 Å². The van der Waals surface area contributed by atoms with Crippen molar-refractivity contribution in [2.45, 2.75) is 46.2 Å². The lowest BCUT2D eigenvalue weighted by molar-refractivity contribution is -0.137. The molecule has 0 spiro atoms. The number of ketones is 1. The molecular weight excluding hydrogens is 345 g/mol. The standard InChI is InChI=1S/C19H21F3N2O2/c1-11-23-15(10-17(26)24-11)16(25)9-14(18(2,3)4)12-5-7-13(8-6-12)19(20,21)22/h5-8,10,14H,9H2,1-4H3,(H,23,24,26). The van der Waals surface area contributed by atoms with E-state index in [1.165, 1.54) is 12.1 Å². The number of rotatable bonds is 4. The highest BCUT2D eigenvalue weighted by molar-refractivity contribution is 5.94. The Morgan fingerprint density at radius 3 is 2.19 bits per heavy atom. The number of carbonyl (C=O) groups is 1. The Hall–Kier alpha value is -2.44. The van der Waals surface area contributed by atoms with Crippen molar-refractivity contribution >= 4 is 5.78 Å². The molecule has 0 amide bonds. The van der Waals surface area contributed by atoms with E-state index in [9.17, 15) is 22.8 Å². The van der Waals surface area contributed by atoms with E-state index in [1.807, 2.05) is 20.8 Å². The predicted molar refractivity (Wildman–Crippen MR) is 92.2 cm³/mol. The van der Waals surface area contributed by atoms with Crippen LogP contribution in [-0.4, -0.2) is 15.8 Å². The molecule has 2 aromatic rings. The number of aromatic amines is 1. The molecule has 26 heavy (non-hydrogen) atoms. The number of benzene rings is 1. The quantitative estimate of drug-likeness (QED) is 0.811. The lowest BCUT2D eigenvalue weighted by Gasteiger charge is -2.31. The van der Waals surface area contributed by atoms with Gasteiger partial charge >= 0.3 is 6.18 Å². The SMILES string of the molecule is Cc1nc(C(=O)CC(c2ccc(C(F)(F)F)cc2)C(C)(C)C)cc(=O)[nH]1. The number of halogens is 3. The first-order valence-electron chi connectivity index (χ1n) is 8.16. The van der Waals surface area contributed by atoms with Crippen LogP contribution in [0.5, 0.6) is 0 Å². The van der Waals surface area contributed by atoms with E-state index in [1.54, 1.807) is 6.92 Å². The fourth-order valence-electron chi connectivity index (χ4n) is 2.84. The van der Waals surface area contributed by atoms with E-state index in [0.717, 1.165) is 18.2 Å². The van der Waals surface area contributed by atoms with Crippen LogP contribution in [0.1, 0.15) is 60.5 Å². The van der Waals surface area contributed by atoms with Gasteiger partial charge in [0.25, 0.3) is 5.56 Å². The summed E-state index contributed by atoms with van der Waals surface area (Å²) < 4.78 is 38.3. The molecule has 1 aromatic heterocycles. The zero-order valence-electron chi connectivity index (χ0n) is 15.1. The molecule has 1 unspecified atom stereocenters. The predicted octanol–water partition coefficient (Wildman–Crippen LogP) is 4.50. The van der Waals surface area contributed by atoms with Crippen LogP contribution in [0, 0.1) is 12.3 Å². The number of nitrogens with one attached hydrogen (secondary N) is 1. The minimum Gasteiger partial charge on any atom is -0.311 e. The van der Waals surface area contributed by atoms with Gasteiger partial charge in [0.05, 0.1) is 5.56 Å². The van der Waals surface area contributed by atoms with E-state index >= 15 is 0 Å². The Labute approximate surface area is 149 Å². The van der Waals surface area contributed by atoms with Crippen LogP contribution in [-0.2, 0) is 6.18 Å².